The first-order valence-electron chi connectivity index (χ1n) is 14.3. The number of rotatable bonds is 6. The highest BCUT2D eigenvalue weighted by Crippen LogP contribution is 2.68. The van der Waals surface area contributed by atoms with Gasteiger partial charge in [0.1, 0.15) is 22.4 Å². The molecule has 1 atom stereocenters. The second-order valence-corrected chi connectivity index (χ2v) is 11.5. The van der Waals surface area contributed by atoms with E-state index in [0.717, 1.165) is 37.7 Å². The molecule has 39 heavy (non-hydrogen) atoms. The van der Waals surface area contributed by atoms with Crippen LogP contribution in [0.15, 0.2) is 89.8 Å². The minimum absolute atomic E-state index is 0.210. The van der Waals surface area contributed by atoms with Crippen molar-refractivity contribution in [3.8, 4) is 11.5 Å². The van der Waals surface area contributed by atoms with Gasteiger partial charge in [-0.05, 0) is 63.1 Å². The van der Waals surface area contributed by atoms with Crippen molar-refractivity contribution in [2.24, 2.45) is 0 Å². The maximum atomic E-state index is 6.89. The van der Waals surface area contributed by atoms with Crippen LogP contribution in [0.3, 0.4) is 0 Å². The van der Waals surface area contributed by atoms with Crippen LogP contribution < -0.4 is 19.4 Å². The first kappa shape index (κ1) is 24.5. The van der Waals surface area contributed by atoms with Gasteiger partial charge in [-0.15, -0.1) is 0 Å². The van der Waals surface area contributed by atoms with Gasteiger partial charge in [-0.2, -0.15) is 0 Å². The van der Waals surface area contributed by atoms with Crippen LogP contribution in [0.1, 0.15) is 55.3 Å². The molecule has 4 nitrogen and oxygen atoms in total. The molecule has 4 aromatic rings. The highest BCUT2D eigenvalue weighted by Gasteiger charge is 2.59. The Morgan fingerprint density at radius 2 is 1.26 bits per heavy atom. The third kappa shape index (κ3) is 3.32. The maximum Gasteiger partial charge on any atom is 0.135 e. The molecule has 0 saturated heterocycles. The topological polar surface area (TPSA) is 19.0 Å². The van der Waals surface area contributed by atoms with Crippen molar-refractivity contribution in [2.75, 3.05) is 40.9 Å². The van der Waals surface area contributed by atoms with E-state index >= 15 is 0 Å². The molecule has 1 unspecified atom stereocenters. The van der Waals surface area contributed by atoms with E-state index in [2.05, 4.69) is 127 Å². The van der Waals surface area contributed by atoms with Crippen molar-refractivity contribution in [3.05, 3.63) is 107 Å². The molecule has 7 rings (SSSR count). The Bertz CT molecular complexity index is 1500. The Hall–Kier alpha value is -3.57. The summed E-state index contributed by atoms with van der Waals surface area (Å²) in [5.74, 6) is 1.90. The standard InChI is InChI=1S/C34H35N3OS/c1-5-35(6-2)23-17-19-27-30(21-23)38-31-22-24(36(7-3)8-4)18-20-28(31)34(27)26-14-10-9-13-25(26)33-37(34)29-15-11-12-16-32(29)39-33/h9-22,33H,5-8H2,1-4H3. The molecule has 0 amide bonds. The van der Waals surface area contributed by atoms with E-state index in [0.29, 0.717) is 0 Å². The number of thioether (sulfide) groups is 1. The third-order valence-corrected chi connectivity index (χ3v) is 10.1. The zero-order chi connectivity index (χ0) is 26.7. The Morgan fingerprint density at radius 3 is 1.87 bits per heavy atom. The average molecular weight is 534 g/mol. The molecular formula is C34H35N3OS. The van der Waals surface area contributed by atoms with Crippen molar-refractivity contribution in [1.82, 2.24) is 0 Å². The van der Waals surface area contributed by atoms with Gasteiger partial charge in [0.15, 0.2) is 0 Å². The van der Waals surface area contributed by atoms with Crippen molar-refractivity contribution in [3.63, 3.8) is 0 Å². The largest absolute Gasteiger partial charge is 0.456 e. The van der Waals surface area contributed by atoms with Gasteiger partial charge in [0.05, 0.1) is 5.69 Å². The van der Waals surface area contributed by atoms with Crippen molar-refractivity contribution >= 4 is 28.8 Å². The Balaban J connectivity index is 1.55. The number of ether oxygens (including phenoxy) is 1. The van der Waals surface area contributed by atoms with Crippen LogP contribution in [0, 0.1) is 0 Å². The van der Waals surface area contributed by atoms with Crippen molar-refractivity contribution in [2.45, 2.75) is 43.5 Å². The zero-order valence-electron chi connectivity index (χ0n) is 23.1. The summed E-state index contributed by atoms with van der Waals surface area (Å²) in [5.41, 5.74) is 8.40. The van der Waals surface area contributed by atoms with Crippen LogP contribution in [-0.4, -0.2) is 26.2 Å². The lowest BCUT2D eigenvalue weighted by Gasteiger charge is -2.45. The molecule has 4 aromatic carbocycles. The minimum Gasteiger partial charge on any atom is -0.456 e. The zero-order valence-corrected chi connectivity index (χ0v) is 24.0. The molecule has 1 spiro atoms. The summed E-state index contributed by atoms with van der Waals surface area (Å²) in [6.45, 7) is 12.7. The second kappa shape index (κ2) is 9.27. The summed E-state index contributed by atoms with van der Waals surface area (Å²) in [6.07, 6.45) is 0. The lowest BCUT2D eigenvalue weighted by Crippen LogP contribution is -2.45. The lowest BCUT2D eigenvalue weighted by molar-refractivity contribution is 0.416. The fourth-order valence-electron chi connectivity index (χ4n) is 6.96. The van der Waals surface area contributed by atoms with Crippen LogP contribution in [0.4, 0.5) is 17.1 Å². The predicted molar refractivity (Wildman–Crippen MR) is 164 cm³/mol. The summed E-state index contributed by atoms with van der Waals surface area (Å²) < 4.78 is 6.89. The molecular weight excluding hydrogens is 498 g/mol. The van der Waals surface area contributed by atoms with Crippen LogP contribution in [0.5, 0.6) is 11.5 Å². The summed E-state index contributed by atoms with van der Waals surface area (Å²) in [4.78, 5) is 8.80. The number of hydrogen-bond donors (Lipinski definition) is 0. The van der Waals surface area contributed by atoms with Crippen LogP contribution >= 0.6 is 11.8 Å². The molecule has 0 fully saturated rings. The Kier molecular flexibility index (Phi) is 5.82. The van der Waals surface area contributed by atoms with Gasteiger partial charge in [0.2, 0.25) is 0 Å². The molecule has 0 saturated carbocycles. The lowest BCUT2D eigenvalue weighted by atomic mass is 9.74. The van der Waals surface area contributed by atoms with Gasteiger partial charge in [0.25, 0.3) is 0 Å². The van der Waals surface area contributed by atoms with Crippen molar-refractivity contribution < 1.29 is 4.74 Å². The van der Waals surface area contributed by atoms with Gasteiger partial charge in [0, 0.05) is 65.7 Å². The van der Waals surface area contributed by atoms with Gasteiger partial charge in [-0.25, -0.2) is 0 Å². The Morgan fingerprint density at radius 1 is 0.692 bits per heavy atom. The number of hydrogen-bond acceptors (Lipinski definition) is 5. The summed E-state index contributed by atoms with van der Waals surface area (Å²) in [5, 5.41) is 0.210. The molecule has 0 aliphatic carbocycles. The molecule has 0 bridgehead atoms. The number of fused-ring (bicyclic) bond motifs is 11. The van der Waals surface area contributed by atoms with Gasteiger partial charge >= 0.3 is 0 Å². The molecule has 0 N–H and O–H groups in total. The van der Waals surface area contributed by atoms with Crippen LogP contribution in [0.25, 0.3) is 0 Å². The highest BCUT2D eigenvalue weighted by molar-refractivity contribution is 8.00. The smallest absolute Gasteiger partial charge is 0.135 e. The summed E-state index contributed by atoms with van der Waals surface area (Å²) in [6, 6.07) is 31.7. The fraction of sp³-hybridized carbons (Fsp3) is 0.294. The molecule has 5 heteroatoms. The fourth-order valence-corrected chi connectivity index (χ4v) is 8.35. The van der Waals surface area contributed by atoms with E-state index in [9.17, 15) is 0 Å². The maximum absolute atomic E-state index is 6.89. The number of anilines is 3. The number of nitrogens with zero attached hydrogens (tertiary/aromatic N) is 3. The van der Waals surface area contributed by atoms with Gasteiger partial charge < -0.3 is 19.4 Å². The van der Waals surface area contributed by atoms with Gasteiger partial charge in [-0.1, -0.05) is 60.3 Å². The van der Waals surface area contributed by atoms with E-state index in [1.54, 1.807) is 0 Å². The monoisotopic (exact) mass is 533 g/mol. The van der Waals surface area contributed by atoms with E-state index in [1.165, 1.54) is 44.2 Å². The third-order valence-electron chi connectivity index (χ3n) is 8.76. The molecule has 0 radical (unpaired) electrons. The quantitative estimate of drug-likeness (QED) is 0.247. The summed E-state index contributed by atoms with van der Waals surface area (Å²) >= 11 is 1.97. The SMILES string of the molecule is CCN(CC)c1ccc2c(c1)Oc1cc(N(CC)CC)ccc1C21c2ccccc2C2Sc3ccccc3N21. The first-order chi connectivity index (χ1) is 19.1. The number of para-hydroxylation sites is 1. The molecule has 3 aliphatic rings. The minimum atomic E-state index is -0.479. The first-order valence-corrected chi connectivity index (χ1v) is 15.1. The van der Waals surface area contributed by atoms with E-state index in [1.807, 2.05) is 11.8 Å². The van der Waals surface area contributed by atoms with Crippen molar-refractivity contribution in [1.29, 1.82) is 0 Å². The highest BCUT2D eigenvalue weighted by atomic mass is 32.2. The molecule has 3 aliphatic heterocycles. The molecule has 3 heterocycles. The molecule has 0 aromatic heterocycles. The normalized spacial score (nSPS) is 17.1. The van der Waals surface area contributed by atoms with Gasteiger partial charge in [-0.3, -0.25) is 0 Å². The predicted octanol–water partition coefficient (Wildman–Crippen LogP) is 8.40. The van der Waals surface area contributed by atoms with E-state index in [4.69, 9.17) is 4.74 Å². The molecule has 198 valence electrons. The number of benzene rings is 4. The average Bonchev–Trinajstić information content (AvgIpc) is 3.49. The summed E-state index contributed by atoms with van der Waals surface area (Å²) in [7, 11) is 0. The second-order valence-electron chi connectivity index (χ2n) is 10.4. The van der Waals surface area contributed by atoms with E-state index in [-0.39, 0.29) is 5.37 Å². The van der Waals surface area contributed by atoms with E-state index < -0.39 is 5.54 Å². The Labute approximate surface area is 236 Å². The van der Waals surface area contributed by atoms with Crippen LogP contribution in [-0.2, 0) is 5.54 Å². The van der Waals surface area contributed by atoms with Crippen LogP contribution in [0.2, 0.25) is 0 Å².